The predicted molar refractivity (Wildman–Crippen MR) is 58.6 cm³/mol. The summed E-state index contributed by atoms with van der Waals surface area (Å²) < 4.78 is 0. The van der Waals surface area contributed by atoms with Gasteiger partial charge in [-0.25, -0.2) is 4.79 Å². The van der Waals surface area contributed by atoms with Crippen molar-refractivity contribution in [3.8, 4) is 0 Å². The Morgan fingerprint density at radius 1 is 1.64 bits per heavy atom. The van der Waals surface area contributed by atoms with Gasteiger partial charge in [0.05, 0.1) is 5.88 Å². The Labute approximate surface area is 91.4 Å². The number of thioether (sulfide) groups is 2. The van der Waals surface area contributed by atoms with Crippen molar-refractivity contribution in [3.63, 3.8) is 0 Å². The lowest BCUT2D eigenvalue weighted by molar-refractivity contribution is -0.147. The molecule has 1 unspecified atom stereocenters. The van der Waals surface area contributed by atoms with E-state index in [0.717, 1.165) is 5.75 Å². The Bertz CT molecular complexity index is 235. The van der Waals surface area contributed by atoms with Crippen molar-refractivity contribution in [1.29, 1.82) is 0 Å². The molecule has 80 valence electrons. The summed E-state index contributed by atoms with van der Waals surface area (Å²) in [5.74, 6) is 0.848. The number of amides is 1. The highest BCUT2D eigenvalue weighted by Crippen LogP contribution is 2.22. The van der Waals surface area contributed by atoms with Crippen LogP contribution in [0.2, 0.25) is 0 Å². The van der Waals surface area contributed by atoms with E-state index in [1.807, 2.05) is 6.26 Å². The Morgan fingerprint density at radius 3 is 2.93 bits per heavy atom. The molecule has 6 heteroatoms. The molecule has 1 N–H and O–H groups in total. The van der Waals surface area contributed by atoms with E-state index in [1.165, 1.54) is 16.7 Å². The molecule has 0 radical (unpaired) electrons. The molecular formula is C8H13NO3S2. The fourth-order valence-corrected chi connectivity index (χ4v) is 2.78. The van der Waals surface area contributed by atoms with Crippen LogP contribution in [0.25, 0.3) is 0 Å². The number of aliphatic carboxylic acids is 1. The number of hydrogen-bond donors (Lipinski definition) is 1. The molecule has 4 nitrogen and oxygen atoms in total. The summed E-state index contributed by atoms with van der Waals surface area (Å²) in [5.41, 5.74) is 0. The highest BCUT2D eigenvalue weighted by atomic mass is 32.2. The summed E-state index contributed by atoms with van der Waals surface area (Å²) in [4.78, 5) is 23.8. The Balaban J connectivity index is 2.49. The largest absolute Gasteiger partial charge is 0.480 e. The van der Waals surface area contributed by atoms with Crippen molar-refractivity contribution in [2.75, 3.05) is 23.6 Å². The summed E-state index contributed by atoms with van der Waals surface area (Å²) in [7, 11) is 0. The smallest absolute Gasteiger partial charge is 0.327 e. The molecule has 1 atom stereocenters. The second-order valence-electron chi connectivity index (χ2n) is 2.96. The molecular weight excluding hydrogens is 222 g/mol. The molecule has 0 bridgehead atoms. The molecule has 0 aromatic heterocycles. The van der Waals surface area contributed by atoms with E-state index < -0.39 is 12.0 Å². The highest BCUT2D eigenvalue weighted by Gasteiger charge is 2.33. The van der Waals surface area contributed by atoms with Crippen LogP contribution in [0.4, 0.5) is 0 Å². The standard InChI is InChI=1S/C8H13NO3S2/c1-13-3-2-7(10)9-5-14-4-6(9)8(11)12/h6H,2-5H2,1H3,(H,11,12). The van der Waals surface area contributed by atoms with E-state index in [9.17, 15) is 9.59 Å². The molecule has 1 rings (SSSR count). The zero-order valence-electron chi connectivity index (χ0n) is 7.93. The minimum absolute atomic E-state index is 0.0447. The van der Waals surface area contributed by atoms with Gasteiger partial charge in [-0.15, -0.1) is 11.8 Å². The maximum absolute atomic E-state index is 11.6. The monoisotopic (exact) mass is 235 g/mol. The molecule has 1 saturated heterocycles. The zero-order chi connectivity index (χ0) is 10.6. The van der Waals surface area contributed by atoms with Gasteiger partial charge in [-0.3, -0.25) is 4.79 Å². The average Bonchev–Trinajstić information content (AvgIpc) is 2.62. The van der Waals surface area contributed by atoms with Gasteiger partial charge < -0.3 is 10.0 Å². The number of rotatable bonds is 4. The fraction of sp³-hybridized carbons (Fsp3) is 0.750. The van der Waals surface area contributed by atoms with Gasteiger partial charge in [0.1, 0.15) is 6.04 Å². The lowest BCUT2D eigenvalue weighted by Crippen LogP contribution is -2.41. The normalized spacial score (nSPS) is 21.2. The second kappa shape index (κ2) is 5.50. The molecule has 0 aromatic rings. The van der Waals surface area contributed by atoms with Gasteiger partial charge in [0.2, 0.25) is 5.91 Å². The molecule has 0 spiro atoms. The maximum Gasteiger partial charge on any atom is 0.327 e. The number of carboxylic acid groups (broad SMARTS) is 1. The first-order valence-corrected chi connectivity index (χ1v) is 6.80. The fourth-order valence-electron chi connectivity index (χ4n) is 1.23. The van der Waals surface area contributed by atoms with Crippen LogP contribution in [0.15, 0.2) is 0 Å². The van der Waals surface area contributed by atoms with Crippen molar-refractivity contribution in [3.05, 3.63) is 0 Å². The molecule has 0 aromatic carbocycles. The molecule has 1 aliphatic rings. The van der Waals surface area contributed by atoms with E-state index in [-0.39, 0.29) is 5.91 Å². The topological polar surface area (TPSA) is 57.6 Å². The van der Waals surface area contributed by atoms with Crippen molar-refractivity contribution in [2.24, 2.45) is 0 Å². The van der Waals surface area contributed by atoms with Crippen LogP contribution in [-0.2, 0) is 9.59 Å². The Morgan fingerprint density at radius 2 is 2.36 bits per heavy atom. The number of carbonyl (C=O) groups excluding carboxylic acids is 1. The van der Waals surface area contributed by atoms with Gasteiger partial charge in [0, 0.05) is 17.9 Å². The average molecular weight is 235 g/mol. The van der Waals surface area contributed by atoms with Crippen LogP contribution in [0.1, 0.15) is 6.42 Å². The number of carbonyl (C=O) groups is 2. The van der Waals surface area contributed by atoms with Crippen LogP contribution < -0.4 is 0 Å². The van der Waals surface area contributed by atoms with Gasteiger partial charge in [-0.2, -0.15) is 11.8 Å². The van der Waals surface area contributed by atoms with Crippen molar-refractivity contribution in [1.82, 2.24) is 4.90 Å². The first kappa shape index (κ1) is 11.7. The third-order valence-corrected chi connectivity index (χ3v) is 3.63. The summed E-state index contributed by atoms with van der Waals surface area (Å²) in [6.07, 6.45) is 2.37. The number of hydrogen-bond acceptors (Lipinski definition) is 4. The first-order chi connectivity index (χ1) is 6.66. The summed E-state index contributed by atoms with van der Waals surface area (Å²) in [6.45, 7) is 0. The van der Waals surface area contributed by atoms with E-state index in [0.29, 0.717) is 18.1 Å². The summed E-state index contributed by atoms with van der Waals surface area (Å²) in [5, 5.41) is 8.85. The van der Waals surface area contributed by atoms with Gasteiger partial charge in [0.15, 0.2) is 0 Å². The number of nitrogens with zero attached hydrogens (tertiary/aromatic N) is 1. The molecule has 1 amide bonds. The predicted octanol–water partition coefficient (Wildman–Crippen LogP) is 0.726. The van der Waals surface area contributed by atoms with Gasteiger partial charge in [0.25, 0.3) is 0 Å². The molecule has 1 fully saturated rings. The zero-order valence-corrected chi connectivity index (χ0v) is 9.57. The van der Waals surface area contributed by atoms with Crippen molar-refractivity contribution >= 4 is 35.4 Å². The van der Waals surface area contributed by atoms with E-state index >= 15 is 0 Å². The Kier molecular flexibility index (Phi) is 4.60. The van der Waals surface area contributed by atoms with Gasteiger partial charge in [-0.1, -0.05) is 0 Å². The lowest BCUT2D eigenvalue weighted by Gasteiger charge is -2.19. The second-order valence-corrected chi connectivity index (χ2v) is 4.95. The molecule has 0 aliphatic carbocycles. The number of carboxylic acids is 1. The summed E-state index contributed by atoms with van der Waals surface area (Å²) in [6, 6.07) is -0.616. The summed E-state index contributed by atoms with van der Waals surface area (Å²) >= 11 is 3.09. The SMILES string of the molecule is CSCCC(=O)N1CSCC1C(=O)O. The molecule has 1 heterocycles. The van der Waals surface area contributed by atoms with Crippen LogP contribution in [0.5, 0.6) is 0 Å². The third kappa shape index (κ3) is 2.81. The quantitative estimate of drug-likeness (QED) is 0.778. The van der Waals surface area contributed by atoms with Crippen LogP contribution in [0.3, 0.4) is 0 Å². The van der Waals surface area contributed by atoms with Crippen LogP contribution in [0, 0.1) is 0 Å². The van der Waals surface area contributed by atoms with E-state index in [2.05, 4.69) is 0 Å². The van der Waals surface area contributed by atoms with Crippen molar-refractivity contribution < 1.29 is 14.7 Å². The highest BCUT2D eigenvalue weighted by molar-refractivity contribution is 7.99. The lowest BCUT2D eigenvalue weighted by atomic mass is 10.3. The van der Waals surface area contributed by atoms with Gasteiger partial charge >= 0.3 is 5.97 Å². The van der Waals surface area contributed by atoms with E-state index in [1.54, 1.807) is 11.8 Å². The third-order valence-electron chi connectivity index (χ3n) is 2.01. The molecule has 1 aliphatic heterocycles. The van der Waals surface area contributed by atoms with Crippen molar-refractivity contribution in [2.45, 2.75) is 12.5 Å². The van der Waals surface area contributed by atoms with Crippen LogP contribution in [-0.4, -0.2) is 51.6 Å². The van der Waals surface area contributed by atoms with E-state index in [4.69, 9.17) is 5.11 Å². The Hall–Kier alpha value is -0.360. The minimum Gasteiger partial charge on any atom is -0.480 e. The minimum atomic E-state index is -0.896. The molecule has 14 heavy (non-hydrogen) atoms. The molecule has 0 saturated carbocycles. The maximum atomic E-state index is 11.6. The van der Waals surface area contributed by atoms with Gasteiger partial charge in [-0.05, 0) is 6.26 Å². The van der Waals surface area contributed by atoms with Crippen LogP contribution >= 0.6 is 23.5 Å². The first-order valence-electron chi connectivity index (χ1n) is 4.25.